The van der Waals surface area contributed by atoms with Gasteiger partial charge in [-0.3, -0.25) is 4.79 Å². The number of benzene rings is 2. The van der Waals surface area contributed by atoms with Gasteiger partial charge in [0.2, 0.25) is 5.91 Å². The summed E-state index contributed by atoms with van der Waals surface area (Å²) in [5, 5.41) is 5.91. The van der Waals surface area contributed by atoms with Crippen LogP contribution in [0.15, 0.2) is 42.5 Å². The number of anilines is 1. The minimum Gasteiger partial charge on any atom is -0.454 e. The van der Waals surface area contributed by atoms with Gasteiger partial charge < -0.3 is 15.4 Å². The molecule has 2 N–H and O–H groups in total. The number of carbonyl (C=O) groups is 1. The van der Waals surface area contributed by atoms with E-state index in [1.807, 2.05) is 13.0 Å². The second-order valence-corrected chi connectivity index (χ2v) is 4.76. The van der Waals surface area contributed by atoms with Crippen LogP contribution in [0, 0.1) is 5.82 Å². The molecule has 0 aliphatic carbocycles. The molecule has 0 spiro atoms. The number of carbonyl (C=O) groups excluding carboxylic acids is 1. The molecule has 0 bridgehead atoms. The highest BCUT2D eigenvalue weighted by molar-refractivity contribution is 6.02. The largest absolute Gasteiger partial charge is 0.454 e. The van der Waals surface area contributed by atoms with Gasteiger partial charge in [0, 0.05) is 17.3 Å². The van der Waals surface area contributed by atoms with Crippen molar-refractivity contribution in [3.8, 4) is 11.5 Å². The second-order valence-electron chi connectivity index (χ2n) is 4.76. The molecule has 4 nitrogen and oxygen atoms in total. The maximum Gasteiger partial charge on any atom is 0.246 e. The Labute approximate surface area is 121 Å². The number of likely N-dealkylation sites (N-methyl/N-ethyl adjacent to an activating group) is 1. The van der Waals surface area contributed by atoms with E-state index < -0.39 is 5.82 Å². The van der Waals surface area contributed by atoms with E-state index in [1.54, 1.807) is 30.3 Å². The molecule has 2 aromatic rings. The number of para-hydroxylation sites is 1. The maximum absolute atomic E-state index is 13.6. The second kappa shape index (κ2) is 5.54. The number of nitrogens with one attached hydrogen (secondary N) is 2. The van der Waals surface area contributed by atoms with Gasteiger partial charge >= 0.3 is 0 Å². The molecule has 1 aliphatic rings. The standard InChI is InChI=1S/C16H15FN2O2/c1-2-18-15-11-8-7-10(9-13(11)19-16(15)20)21-14-6-4-3-5-12(14)17/h3-9,15,18H,2H2,1H3,(H,19,20). The zero-order chi connectivity index (χ0) is 14.8. The molecule has 21 heavy (non-hydrogen) atoms. The molecule has 3 rings (SSSR count). The summed E-state index contributed by atoms with van der Waals surface area (Å²) in [5.74, 6) is 0.128. The molecule has 0 saturated carbocycles. The lowest BCUT2D eigenvalue weighted by atomic mass is 10.1. The molecule has 0 aromatic heterocycles. The Morgan fingerprint density at radius 3 is 2.86 bits per heavy atom. The van der Waals surface area contributed by atoms with E-state index in [9.17, 15) is 9.18 Å². The van der Waals surface area contributed by atoms with Gasteiger partial charge in [-0.25, -0.2) is 4.39 Å². The molecular formula is C16H15FN2O2. The third kappa shape index (κ3) is 2.60. The predicted octanol–water partition coefficient (Wildman–Crippen LogP) is 3.22. The van der Waals surface area contributed by atoms with E-state index in [-0.39, 0.29) is 17.7 Å². The molecule has 2 aromatic carbocycles. The van der Waals surface area contributed by atoms with Gasteiger partial charge in [0.15, 0.2) is 11.6 Å². The van der Waals surface area contributed by atoms with Crippen molar-refractivity contribution in [3.05, 3.63) is 53.8 Å². The highest BCUT2D eigenvalue weighted by Gasteiger charge is 2.29. The van der Waals surface area contributed by atoms with Gasteiger partial charge in [0.05, 0.1) is 0 Å². The van der Waals surface area contributed by atoms with E-state index in [2.05, 4.69) is 10.6 Å². The Balaban J connectivity index is 1.86. The summed E-state index contributed by atoms with van der Waals surface area (Å²) < 4.78 is 19.1. The van der Waals surface area contributed by atoms with Gasteiger partial charge in [-0.2, -0.15) is 0 Å². The van der Waals surface area contributed by atoms with Gasteiger partial charge in [-0.15, -0.1) is 0 Å². The van der Waals surface area contributed by atoms with Crippen molar-refractivity contribution in [1.29, 1.82) is 0 Å². The molecule has 1 atom stereocenters. The summed E-state index contributed by atoms with van der Waals surface area (Å²) in [4.78, 5) is 11.9. The number of rotatable bonds is 4. The van der Waals surface area contributed by atoms with E-state index in [4.69, 9.17) is 4.74 Å². The predicted molar refractivity (Wildman–Crippen MR) is 78.0 cm³/mol. The van der Waals surface area contributed by atoms with Gasteiger partial charge in [0.1, 0.15) is 11.8 Å². The number of ether oxygens (including phenoxy) is 1. The molecule has 0 radical (unpaired) electrons. The van der Waals surface area contributed by atoms with Gasteiger partial charge in [0.25, 0.3) is 0 Å². The zero-order valence-corrected chi connectivity index (χ0v) is 11.5. The minimum atomic E-state index is -0.424. The summed E-state index contributed by atoms with van der Waals surface area (Å²) >= 11 is 0. The molecule has 0 saturated heterocycles. The fraction of sp³-hybridized carbons (Fsp3) is 0.188. The lowest BCUT2D eigenvalue weighted by Gasteiger charge is -2.10. The summed E-state index contributed by atoms with van der Waals surface area (Å²) in [6, 6.07) is 11.1. The van der Waals surface area contributed by atoms with E-state index in [0.29, 0.717) is 18.0 Å². The average molecular weight is 286 g/mol. The Hall–Kier alpha value is -2.40. The highest BCUT2D eigenvalue weighted by atomic mass is 19.1. The molecular weight excluding hydrogens is 271 g/mol. The molecule has 1 aliphatic heterocycles. The fourth-order valence-corrected chi connectivity index (χ4v) is 2.37. The SMILES string of the molecule is CCNC1C(=O)Nc2cc(Oc3ccccc3F)ccc21. The van der Waals surface area contributed by atoms with Crippen LogP contribution in [0.5, 0.6) is 11.5 Å². The first-order valence-corrected chi connectivity index (χ1v) is 6.79. The molecule has 1 amide bonds. The first kappa shape index (κ1) is 13.6. The third-order valence-corrected chi connectivity index (χ3v) is 3.33. The minimum absolute atomic E-state index is 0.0881. The van der Waals surface area contributed by atoms with Crippen LogP contribution in [0.25, 0.3) is 0 Å². The van der Waals surface area contributed by atoms with Crippen LogP contribution in [0.3, 0.4) is 0 Å². The lowest BCUT2D eigenvalue weighted by Crippen LogP contribution is -2.27. The summed E-state index contributed by atoms with van der Waals surface area (Å²) in [5.41, 5.74) is 1.57. The molecule has 1 unspecified atom stereocenters. The van der Waals surface area contributed by atoms with Crippen LogP contribution < -0.4 is 15.4 Å². The number of halogens is 1. The third-order valence-electron chi connectivity index (χ3n) is 3.33. The van der Waals surface area contributed by atoms with Crippen LogP contribution in [0.4, 0.5) is 10.1 Å². The number of hydrogen-bond acceptors (Lipinski definition) is 3. The molecule has 108 valence electrons. The fourth-order valence-electron chi connectivity index (χ4n) is 2.37. The van der Waals surface area contributed by atoms with Crippen LogP contribution in [0.1, 0.15) is 18.5 Å². The van der Waals surface area contributed by atoms with Crippen molar-refractivity contribution < 1.29 is 13.9 Å². The van der Waals surface area contributed by atoms with Gasteiger partial charge in [-0.05, 0) is 24.7 Å². The Kier molecular flexibility index (Phi) is 3.58. The molecule has 5 heteroatoms. The maximum atomic E-state index is 13.6. The van der Waals surface area contributed by atoms with Crippen molar-refractivity contribution in [1.82, 2.24) is 5.32 Å². The van der Waals surface area contributed by atoms with Crippen molar-refractivity contribution in [2.45, 2.75) is 13.0 Å². The Bertz CT molecular complexity index is 688. The van der Waals surface area contributed by atoms with Crippen molar-refractivity contribution in [3.63, 3.8) is 0 Å². The highest BCUT2D eigenvalue weighted by Crippen LogP contribution is 2.35. The van der Waals surface area contributed by atoms with E-state index >= 15 is 0 Å². The molecule has 1 heterocycles. The summed E-state index contributed by atoms with van der Waals surface area (Å²) in [6.45, 7) is 2.64. The number of hydrogen-bond donors (Lipinski definition) is 2. The number of fused-ring (bicyclic) bond motifs is 1. The summed E-state index contributed by atoms with van der Waals surface area (Å²) in [7, 11) is 0. The van der Waals surface area contributed by atoms with Crippen molar-refractivity contribution >= 4 is 11.6 Å². The van der Waals surface area contributed by atoms with E-state index in [1.165, 1.54) is 6.07 Å². The average Bonchev–Trinajstić information content (AvgIpc) is 2.78. The zero-order valence-electron chi connectivity index (χ0n) is 11.5. The van der Waals surface area contributed by atoms with Crippen LogP contribution >= 0.6 is 0 Å². The monoisotopic (exact) mass is 286 g/mol. The smallest absolute Gasteiger partial charge is 0.246 e. The van der Waals surface area contributed by atoms with Crippen LogP contribution in [-0.4, -0.2) is 12.5 Å². The molecule has 0 fully saturated rings. The van der Waals surface area contributed by atoms with E-state index in [0.717, 1.165) is 5.56 Å². The quantitative estimate of drug-likeness (QED) is 0.907. The van der Waals surface area contributed by atoms with Crippen molar-refractivity contribution in [2.24, 2.45) is 0 Å². The Morgan fingerprint density at radius 2 is 2.10 bits per heavy atom. The summed E-state index contributed by atoms with van der Waals surface area (Å²) in [6.07, 6.45) is 0. The lowest BCUT2D eigenvalue weighted by molar-refractivity contribution is -0.117. The number of amides is 1. The van der Waals surface area contributed by atoms with Crippen molar-refractivity contribution in [2.75, 3.05) is 11.9 Å². The van der Waals surface area contributed by atoms with Gasteiger partial charge in [-0.1, -0.05) is 25.1 Å². The Morgan fingerprint density at radius 1 is 1.29 bits per heavy atom. The first-order valence-electron chi connectivity index (χ1n) is 6.79. The van der Waals surface area contributed by atoms with Crippen LogP contribution in [0.2, 0.25) is 0 Å². The first-order chi connectivity index (χ1) is 10.2. The van der Waals surface area contributed by atoms with Crippen LogP contribution in [-0.2, 0) is 4.79 Å². The topological polar surface area (TPSA) is 50.4 Å². The normalized spacial score (nSPS) is 16.5.